The summed E-state index contributed by atoms with van der Waals surface area (Å²) in [5, 5.41) is 15.0. The fourth-order valence-electron chi connectivity index (χ4n) is 4.63. The lowest BCUT2D eigenvalue weighted by molar-refractivity contribution is 0.0968. The number of aromatic hydroxyl groups is 1. The number of hydrogen-bond donors (Lipinski definition) is 2. The number of halogens is 1. The Kier molecular flexibility index (Phi) is 5.68. The summed E-state index contributed by atoms with van der Waals surface area (Å²) in [6.07, 6.45) is 9.60. The minimum absolute atomic E-state index is 0.0719. The van der Waals surface area contributed by atoms with Crippen molar-refractivity contribution in [2.45, 2.75) is 51.0 Å². The Hall–Kier alpha value is -2.79. The van der Waals surface area contributed by atoms with Crippen LogP contribution in [0, 0.1) is 5.92 Å². The first-order valence-electron chi connectivity index (χ1n) is 11.4. The molecule has 5 nitrogen and oxygen atoms in total. The molecule has 0 aliphatic heterocycles. The van der Waals surface area contributed by atoms with Crippen molar-refractivity contribution in [3.63, 3.8) is 0 Å². The van der Waals surface area contributed by atoms with Crippen LogP contribution in [0.1, 0.15) is 55.3 Å². The summed E-state index contributed by atoms with van der Waals surface area (Å²) < 4.78 is 5.28. The van der Waals surface area contributed by atoms with Gasteiger partial charge in [-0.2, -0.15) is 0 Å². The zero-order valence-electron chi connectivity index (χ0n) is 18.2. The quantitative estimate of drug-likeness (QED) is 0.413. The third kappa shape index (κ3) is 4.02. The van der Waals surface area contributed by atoms with Crippen molar-refractivity contribution in [1.82, 2.24) is 4.98 Å². The van der Waals surface area contributed by atoms with Gasteiger partial charge in [0.1, 0.15) is 0 Å². The van der Waals surface area contributed by atoms with Crippen molar-refractivity contribution in [3.8, 4) is 22.6 Å². The van der Waals surface area contributed by atoms with Crippen molar-refractivity contribution in [2.75, 3.05) is 12.4 Å². The van der Waals surface area contributed by atoms with E-state index in [1.54, 1.807) is 18.3 Å². The summed E-state index contributed by atoms with van der Waals surface area (Å²) in [7, 11) is 1.50. The lowest BCUT2D eigenvalue weighted by Crippen LogP contribution is -2.24. The van der Waals surface area contributed by atoms with E-state index in [0.717, 1.165) is 53.4 Å². The van der Waals surface area contributed by atoms with E-state index in [9.17, 15) is 9.90 Å². The molecule has 0 spiro atoms. The van der Waals surface area contributed by atoms with Crippen molar-refractivity contribution >= 4 is 34.0 Å². The molecule has 0 unspecified atom stereocenters. The van der Waals surface area contributed by atoms with Crippen LogP contribution in [0.2, 0.25) is 5.02 Å². The summed E-state index contributed by atoms with van der Waals surface area (Å²) >= 11 is 6.24. The van der Waals surface area contributed by atoms with Crippen molar-refractivity contribution in [3.05, 3.63) is 47.1 Å². The number of nitrogens with one attached hydrogen (secondary N) is 1. The number of ketones is 1. The number of Topliss-reactive ketones (excluding diaryl/α,β-unsaturated/α-hetero) is 1. The van der Waals surface area contributed by atoms with E-state index in [1.807, 2.05) is 12.1 Å². The lowest BCUT2D eigenvalue weighted by Gasteiger charge is -2.26. The average molecular weight is 451 g/mol. The number of rotatable bonds is 6. The Labute approximate surface area is 192 Å². The van der Waals surface area contributed by atoms with Gasteiger partial charge < -0.3 is 15.2 Å². The SMILES string of the molecule is COc1cc(-c2ccc3ncc(C(=O)C4CC4)c(NC4CCCCC4)c3c2)cc(Cl)c1O. The molecule has 2 saturated carbocycles. The highest BCUT2D eigenvalue weighted by atomic mass is 35.5. The van der Waals surface area contributed by atoms with E-state index in [2.05, 4.69) is 16.4 Å². The van der Waals surface area contributed by atoms with E-state index >= 15 is 0 Å². The zero-order chi connectivity index (χ0) is 22.2. The Morgan fingerprint density at radius 2 is 1.88 bits per heavy atom. The van der Waals surface area contributed by atoms with E-state index < -0.39 is 0 Å². The van der Waals surface area contributed by atoms with Crippen molar-refractivity contribution in [1.29, 1.82) is 0 Å². The zero-order valence-corrected chi connectivity index (χ0v) is 18.9. The van der Waals surface area contributed by atoms with Crippen LogP contribution in [0.3, 0.4) is 0 Å². The van der Waals surface area contributed by atoms with Gasteiger partial charge in [-0.05, 0) is 61.1 Å². The molecular weight excluding hydrogens is 424 g/mol. The van der Waals surface area contributed by atoms with Crippen LogP contribution in [0.4, 0.5) is 5.69 Å². The van der Waals surface area contributed by atoms with Crippen LogP contribution >= 0.6 is 11.6 Å². The standard InChI is InChI=1S/C26H27ClN2O3/c1-32-23-13-17(12-21(27)26(23)31)16-9-10-22-19(11-16)24(29-18-5-3-2-4-6-18)20(14-28-22)25(30)15-7-8-15/h9-15,18,31H,2-8H2,1H3,(H,28,29). The maximum atomic E-state index is 13.1. The Bertz CT molecular complexity index is 1180. The Balaban J connectivity index is 1.64. The third-order valence-corrected chi connectivity index (χ3v) is 6.90. The molecular formula is C26H27ClN2O3. The van der Waals surface area contributed by atoms with Crippen LogP contribution < -0.4 is 10.1 Å². The highest BCUT2D eigenvalue weighted by Gasteiger charge is 2.33. The molecule has 0 saturated heterocycles. The molecule has 2 aliphatic carbocycles. The molecule has 32 heavy (non-hydrogen) atoms. The molecule has 0 amide bonds. The second kappa shape index (κ2) is 8.62. The molecule has 0 bridgehead atoms. The van der Waals surface area contributed by atoms with Crippen LogP contribution in [-0.2, 0) is 0 Å². The number of phenolic OH excluding ortho intramolecular Hbond substituents is 1. The number of anilines is 1. The van der Waals surface area contributed by atoms with Gasteiger partial charge in [0.25, 0.3) is 0 Å². The number of hydrogen-bond acceptors (Lipinski definition) is 5. The van der Waals surface area contributed by atoms with Gasteiger partial charge >= 0.3 is 0 Å². The average Bonchev–Trinajstić information content (AvgIpc) is 3.66. The van der Waals surface area contributed by atoms with Gasteiger partial charge in [0, 0.05) is 23.5 Å². The van der Waals surface area contributed by atoms with Gasteiger partial charge in [-0.3, -0.25) is 9.78 Å². The summed E-state index contributed by atoms with van der Waals surface area (Å²) in [6.45, 7) is 0. The predicted molar refractivity (Wildman–Crippen MR) is 128 cm³/mol. The first kappa shape index (κ1) is 21.1. The molecule has 2 aromatic carbocycles. The first-order valence-corrected chi connectivity index (χ1v) is 11.7. The van der Waals surface area contributed by atoms with Gasteiger partial charge in [0.2, 0.25) is 0 Å². The number of phenols is 1. The number of fused-ring (bicyclic) bond motifs is 1. The molecule has 0 atom stereocenters. The summed E-state index contributed by atoms with van der Waals surface area (Å²) in [5.74, 6) is 0.572. The maximum Gasteiger partial charge on any atom is 0.176 e. The summed E-state index contributed by atoms with van der Waals surface area (Å²) in [4.78, 5) is 17.7. The Morgan fingerprint density at radius 3 is 2.59 bits per heavy atom. The molecule has 1 aromatic heterocycles. The second-order valence-electron chi connectivity index (χ2n) is 8.91. The van der Waals surface area contributed by atoms with Crippen LogP contribution in [0.5, 0.6) is 11.5 Å². The normalized spacial score (nSPS) is 16.8. The van der Waals surface area contributed by atoms with Gasteiger partial charge in [0.05, 0.1) is 28.9 Å². The summed E-state index contributed by atoms with van der Waals surface area (Å²) in [6, 6.07) is 9.86. The molecule has 0 radical (unpaired) electrons. The number of ether oxygens (including phenoxy) is 1. The Morgan fingerprint density at radius 1 is 1.09 bits per heavy atom. The number of nitrogens with zero attached hydrogens (tertiary/aromatic N) is 1. The van der Waals surface area contributed by atoms with Gasteiger partial charge in [0.15, 0.2) is 17.3 Å². The minimum atomic E-state index is -0.0719. The van der Waals surface area contributed by atoms with Crippen LogP contribution in [0.25, 0.3) is 22.0 Å². The van der Waals surface area contributed by atoms with E-state index in [1.165, 1.54) is 26.4 Å². The monoisotopic (exact) mass is 450 g/mol. The molecule has 2 aliphatic rings. The van der Waals surface area contributed by atoms with Gasteiger partial charge in [-0.15, -0.1) is 0 Å². The molecule has 166 valence electrons. The second-order valence-corrected chi connectivity index (χ2v) is 9.31. The number of pyridine rings is 1. The van der Waals surface area contributed by atoms with Crippen LogP contribution in [-0.4, -0.2) is 29.0 Å². The summed E-state index contributed by atoms with van der Waals surface area (Å²) in [5.41, 5.74) is 4.19. The minimum Gasteiger partial charge on any atom is -0.503 e. The molecule has 1 heterocycles. The molecule has 6 heteroatoms. The largest absolute Gasteiger partial charge is 0.503 e. The maximum absolute atomic E-state index is 13.1. The molecule has 3 aromatic rings. The number of aromatic nitrogens is 1. The van der Waals surface area contributed by atoms with Crippen LogP contribution in [0.15, 0.2) is 36.5 Å². The lowest BCUT2D eigenvalue weighted by atomic mass is 9.93. The van der Waals surface area contributed by atoms with E-state index in [0.29, 0.717) is 17.4 Å². The van der Waals surface area contributed by atoms with E-state index in [4.69, 9.17) is 16.3 Å². The molecule has 2 fully saturated rings. The van der Waals surface area contributed by atoms with Crippen molar-refractivity contribution in [2.24, 2.45) is 5.92 Å². The molecule has 2 N–H and O–H groups in total. The fourth-order valence-corrected chi connectivity index (χ4v) is 4.84. The fraction of sp³-hybridized carbons (Fsp3) is 0.385. The third-order valence-electron chi connectivity index (χ3n) is 6.62. The number of carbonyl (C=O) groups excluding carboxylic acids is 1. The number of methoxy groups -OCH3 is 1. The number of benzene rings is 2. The molecule has 5 rings (SSSR count). The number of carbonyl (C=O) groups is 1. The van der Waals surface area contributed by atoms with Gasteiger partial charge in [-0.1, -0.05) is 36.9 Å². The predicted octanol–water partition coefficient (Wildman–Crippen LogP) is 6.61. The van der Waals surface area contributed by atoms with Gasteiger partial charge in [-0.25, -0.2) is 0 Å². The topological polar surface area (TPSA) is 71.5 Å². The first-order chi connectivity index (χ1) is 15.5. The highest BCUT2D eigenvalue weighted by Crippen LogP contribution is 2.41. The smallest absolute Gasteiger partial charge is 0.176 e. The van der Waals surface area contributed by atoms with E-state index in [-0.39, 0.29) is 22.5 Å². The van der Waals surface area contributed by atoms with Crippen molar-refractivity contribution < 1.29 is 14.6 Å². The highest BCUT2D eigenvalue weighted by molar-refractivity contribution is 6.32.